The van der Waals surface area contributed by atoms with E-state index >= 15 is 0 Å². The number of hydrogen-bond donors (Lipinski definition) is 2. The lowest BCUT2D eigenvalue weighted by molar-refractivity contribution is -0.0572. The number of aliphatic hydroxyl groups is 1. The molecule has 0 aliphatic carbocycles. The van der Waals surface area contributed by atoms with E-state index in [1.807, 2.05) is 0 Å². The Morgan fingerprint density at radius 1 is 1.45 bits per heavy atom. The second kappa shape index (κ2) is 5.99. The Bertz CT molecular complexity index is 500. The lowest BCUT2D eigenvalue weighted by Gasteiger charge is -2.36. The van der Waals surface area contributed by atoms with Gasteiger partial charge in [0, 0.05) is 44.7 Å². The van der Waals surface area contributed by atoms with Crippen LogP contribution >= 0.6 is 11.6 Å². The molecule has 1 aromatic rings. The van der Waals surface area contributed by atoms with E-state index < -0.39 is 11.6 Å². The maximum Gasteiger partial charge on any atom is 0.337 e. The fraction of sp³-hybridized carbons (Fsp3) is 0.500. The van der Waals surface area contributed by atoms with Gasteiger partial charge in [-0.1, -0.05) is 11.6 Å². The number of hydrogen-bond acceptors (Lipinski definition) is 4. The Kier molecular flexibility index (Phi) is 4.52. The van der Waals surface area contributed by atoms with E-state index in [1.54, 1.807) is 24.1 Å². The summed E-state index contributed by atoms with van der Waals surface area (Å²) in [7, 11) is 1.77. The normalized spacial score (nSPS) is 17.8. The van der Waals surface area contributed by atoms with E-state index in [0.717, 1.165) is 0 Å². The van der Waals surface area contributed by atoms with Gasteiger partial charge in [-0.05, 0) is 18.2 Å². The van der Waals surface area contributed by atoms with Gasteiger partial charge in [-0.15, -0.1) is 0 Å². The van der Waals surface area contributed by atoms with E-state index in [1.165, 1.54) is 6.07 Å². The Balaban J connectivity index is 2.20. The number of carboxylic acid groups (broad SMARTS) is 1. The summed E-state index contributed by atoms with van der Waals surface area (Å²) in [5.74, 6) is -1.03. The first kappa shape index (κ1) is 15.1. The summed E-state index contributed by atoms with van der Waals surface area (Å²) < 4.78 is 5.24. The molecule has 1 fully saturated rings. The van der Waals surface area contributed by atoms with Crippen molar-refractivity contribution in [1.29, 1.82) is 0 Å². The van der Waals surface area contributed by atoms with Crippen molar-refractivity contribution < 1.29 is 19.7 Å². The van der Waals surface area contributed by atoms with Gasteiger partial charge in [-0.3, -0.25) is 0 Å². The molecule has 1 aliphatic heterocycles. The van der Waals surface area contributed by atoms with Crippen molar-refractivity contribution in [2.75, 3.05) is 31.7 Å². The number of ether oxygens (including phenoxy) is 1. The lowest BCUT2D eigenvalue weighted by Crippen LogP contribution is -2.46. The summed E-state index contributed by atoms with van der Waals surface area (Å²) >= 11 is 5.84. The number of rotatable bonds is 4. The molecule has 0 amide bonds. The van der Waals surface area contributed by atoms with E-state index in [2.05, 4.69) is 0 Å². The highest BCUT2D eigenvalue weighted by molar-refractivity contribution is 6.31. The summed E-state index contributed by atoms with van der Waals surface area (Å²) in [6.07, 6.45) is 1.10. The van der Waals surface area contributed by atoms with Gasteiger partial charge in [0.15, 0.2) is 0 Å². The highest BCUT2D eigenvalue weighted by atomic mass is 35.5. The number of likely N-dealkylation sites (N-methyl/N-ethyl adjacent to an activating group) is 1. The van der Waals surface area contributed by atoms with Crippen LogP contribution in [-0.2, 0) is 4.74 Å². The minimum Gasteiger partial charge on any atom is -0.478 e. The SMILES string of the molecule is CN(CC1(O)CCOCC1)c1ccc(Cl)cc1C(=O)O. The van der Waals surface area contributed by atoms with E-state index in [-0.39, 0.29) is 5.56 Å². The first-order chi connectivity index (χ1) is 9.41. The van der Waals surface area contributed by atoms with Crippen molar-refractivity contribution in [3.8, 4) is 0 Å². The molecule has 0 aromatic heterocycles. The Hall–Kier alpha value is -1.30. The predicted octanol–water partition coefficient (Wildman–Crippen LogP) is 2.02. The second-order valence-electron chi connectivity index (χ2n) is 5.16. The molecule has 0 radical (unpaired) electrons. The fourth-order valence-corrected chi connectivity index (χ4v) is 2.62. The highest BCUT2D eigenvalue weighted by Gasteiger charge is 2.32. The van der Waals surface area contributed by atoms with Crippen molar-refractivity contribution in [2.45, 2.75) is 18.4 Å². The number of benzene rings is 1. The monoisotopic (exact) mass is 299 g/mol. The van der Waals surface area contributed by atoms with Gasteiger partial charge >= 0.3 is 5.97 Å². The molecule has 0 atom stereocenters. The average molecular weight is 300 g/mol. The number of halogens is 1. The third kappa shape index (κ3) is 3.42. The van der Waals surface area contributed by atoms with Crippen LogP contribution in [0.5, 0.6) is 0 Å². The Morgan fingerprint density at radius 2 is 2.10 bits per heavy atom. The van der Waals surface area contributed by atoms with Crippen LogP contribution in [-0.4, -0.2) is 48.6 Å². The molecule has 110 valence electrons. The van der Waals surface area contributed by atoms with Gasteiger partial charge in [0.05, 0.1) is 16.9 Å². The average Bonchev–Trinajstić information content (AvgIpc) is 2.38. The quantitative estimate of drug-likeness (QED) is 0.890. The topological polar surface area (TPSA) is 70.0 Å². The third-order valence-electron chi connectivity index (χ3n) is 3.56. The molecule has 5 nitrogen and oxygen atoms in total. The van der Waals surface area contributed by atoms with Crippen molar-refractivity contribution in [3.63, 3.8) is 0 Å². The van der Waals surface area contributed by atoms with Gasteiger partial charge in [0.2, 0.25) is 0 Å². The summed E-state index contributed by atoms with van der Waals surface area (Å²) in [5, 5.41) is 20.1. The van der Waals surface area contributed by atoms with Crippen LogP contribution in [0.4, 0.5) is 5.69 Å². The standard InChI is InChI=1S/C14H18ClNO4/c1-16(9-14(19)4-6-20-7-5-14)12-3-2-10(15)8-11(12)13(17)18/h2-3,8,19H,4-7,9H2,1H3,(H,17,18). The van der Waals surface area contributed by atoms with Gasteiger partial charge in [0.1, 0.15) is 0 Å². The molecule has 1 aromatic carbocycles. The summed E-state index contributed by atoms with van der Waals surface area (Å²) in [6, 6.07) is 4.73. The number of carboxylic acids is 1. The molecule has 2 rings (SSSR count). The van der Waals surface area contributed by atoms with Crippen molar-refractivity contribution >= 4 is 23.3 Å². The van der Waals surface area contributed by atoms with Crippen LogP contribution in [0.1, 0.15) is 23.2 Å². The number of nitrogens with zero attached hydrogens (tertiary/aromatic N) is 1. The third-order valence-corrected chi connectivity index (χ3v) is 3.79. The van der Waals surface area contributed by atoms with Crippen LogP contribution in [0.15, 0.2) is 18.2 Å². The van der Waals surface area contributed by atoms with Gasteiger partial charge in [-0.25, -0.2) is 4.79 Å². The molecule has 20 heavy (non-hydrogen) atoms. The summed E-state index contributed by atoms with van der Waals surface area (Å²) in [6.45, 7) is 1.41. The lowest BCUT2D eigenvalue weighted by atomic mass is 9.93. The van der Waals surface area contributed by atoms with Crippen molar-refractivity contribution in [2.24, 2.45) is 0 Å². The Morgan fingerprint density at radius 3 is 2.70 bits per heavy atom. The van der Waals surface area contributed by atoms with Gasteiger partial charge < -0.3 is 19.8 Å². The zero-order chi connectivity index (χ0) is 14.8. The number of anilines is 1. The first-order valence-corrected chi connectivity index (χ1v) is 6.83. The van der Waals surface area contributed by atoms with Crippen LogP contribution in [0, 0.1) is 0 Å². The maximum absolute atomic E-state index is 11.3. The minimum absolute atomic E-state index is 0.135. The van der Waals surface area contributed by atoms with E-state index in [4.69, 9.17) is 16.3 Å². The highest BCUT2D eigenvalue weighted by Crippen LogP contribution is 2.28. The van der Waals surface area contributed by atoms with Crippen LogP contribution < -0.4 is 4.90 Å². The maximum atomic E-state index is 11.3. The molecule has 2 N–H and O–H groups in total. The Labute approximate surface area is 122 Å². The summed E-state index contributed by atoms with van der Waals surface area (Å²) in [4.78, 5) is 13.0. The smallest absolute Gasteiger partial charge is 0.337 e. The van der Waals surface area contributed by atoms with Crippen molar-refractivity contribution in [1.82, 2.24) is 0 Å². The molecule has 0 bridgehead atoms. The second-order valence-corrected chi connectivity index (χ2v) is 5.60. The zero-order valence-corrected chi connectivity index (χ0v) is 12.1. The van der Waals surface area contributed by atoms with Crippen LogP contribution in [0.25, 0.3) is 0 Å². The zero-order valence-electron chi connectivity index (χ0n) is 11.3. The summed E-state index contributed by atoms with van der Waals surface area (Å²) in [5.41, 5.74) is -0.167. The molecular formula is C14H18ClNO4. The van der Waals surface area contributed by atoms with Gasteiger partial charge in [-0.2, -0.15) is 0 Å². The first-order valence-electron chi connectivity index (χ1n) is 6.45. The molecule has 0 spiro atoms. The molecular weight excluding hydrogens is 282 g/mol. The number of aromatic carboxylic acids is 1. The molecule has 6 heteroatoms. The van der Waals surface area contributed by atoms with E-state index in [0.29, 0.717) is 43.3 Å². The fourth-order valence-electron chi connectivity index (χ4n) is 2.45. The predicted molar refractivity (Wildman–Crippen MR) is 76.7 cm³/mol. The number of carbonyl (C=O) groups is 1. The molecule has 0 unspecified atom stereocenters. The van der Waals surface area contributed by atoms with Crippen LogP contribution in [0.3, 0.4) is 0 Å². The van der Waals surface area contributed by atoms with Crippen LogP contribution in [0.2, 0.25) is 5.02 Å². The molecule has 1 saturated heterocycles. The molecule has 1 heterocycles. The van der Waals surface area contributed by atoms with Gasteiger partial charge in [0.25, 0.3) is 0 Å². The molecule has 0 saturated carbocycles. The largest absolute Gasteiger partial charge is 0.478 e. The minimum atomic E-state index is -1.03. The molecule has 1 aliphatic rings. The van der Waals surface area contributed by atoms with Crippen molar-refractivity contribution in [3.05, 3.63) is 28.8 Å². The van der Waals surface area contributed by atoms with E-state index in [9.17, 15) is 15.0 Å².